The number of hydrogen-bond donors (Lipinski definition) is 3. The smallest absolute Gasteiger partial charge is 0.303 e. The fourth-order valence-electron chi connectivity index (χ4n) is 7.37. The van der Waals surface area contributed by atoms with Crippen molar-refractivity contribution in [1.82, 2.24) is 0 Å². The van der Waals surface area contributed by atoms with Crippen LogP contribution in [-0.4, -0.2) is 61.5 Å². The number of carboxylic acids is 1. The zero-order valence-corrected chi connectivity index (χ0v) is 21.3. The number of aliphatic carboxylic acids is 1. The van der Waals surface area contributed by atoms with Crippen LogP contribution in [0.2, 0.25) is 0 Å². The van der Waals surface area contributed by atoms with Crippen LogP contribution in [0.3, 0.4) is 0 Å². The van der Waals surface area contributed by atoms with E-state index in [1.54, 1.807) is 19.9 Å². The molecule has 0 amide bonds. The molecule has 4 aliphatic carbocycles. The number of aliphatic hydroxyl groups is 2. The molecule has 6 nitrogen and oxygen atoms in total. The molecule has 10 heteroatoms. The summed E-state index contributed by atoms with van der Waals surface area (Å²) in [5.74, 6) is -4.86. The lowest BCUT2D eigenvalue weighted by molar-refractivity contribution is -0.167. The maximum atomic E-state index is 16.2. The molecule has 0 spiro atoms. The van der Waals surface area contributed by atoms with Gasteiger partial charge in [0.2, 0.25) is 0 Å². The highest BCUT2D eigenvalue weighted by atomic mass is 79.9. The minimum atomic E-state index is -1.88. The minimum Gasteiger partial charge on any atom is -0.481 e. The van der Waals surface area contributed by atoms with E-state index >= 15 is 4.39 Å². The number of carbonyl (C=O) groups is 3. The average Bonchev–Trinajstić information content (AvgIpc) is 2.99. The SMILES string of the molecule is C[C@]12C=C(Br)C(=O)C=C1C(F)C(CC(=O)O)[C@H]1[C@@H]3CC[C@](O)(C(=O)CO)[C@@]3(C)CC(Cl)[C@@]12Cl. The Labute approximate surface area is 209 Å². The van der Waals surface area contributed by atoms with Crippen LogP contribution in [0.1, 0.15) is 39.5 Å². The molecule has 4 aliphatic rings. The summed E-state index contributed by atoms with van der Waals surface area (Å²) in [7, 11) is 0. The van der Waals surface area contributed by atoms with Gasteiger partial charge in [-0.1, -0.05) is 19.9 Å². The third-order valence-corrected chi connectivity index (χ3v) is 11.2. The van der Waals surface area contributed by atoms with Gasteiger partial charge in [-0.05, 0) is 58.7 Å². The van der Waals surface area contributed by atoms with E-state index in [9.17, 15) is 29.7 Å². The highest BCUT2D eigenvalue weighted by Gasteiger charge is 2.76. The molecule has 9 atom stereocenters. The lowest BCUT2D eigenvalue weighted by Gasteiger charge is -2.66. The van der Waals surface area contributed by atoms with Gasteiger partial charge in [-0.25, -0.2) is 4.39 Å². The van der Waals surface area contributed by atoms with Gasteiger partial charge in [-0.2, -0.15) is 0 Å². The van der Waals surface area contributed by atoms with Crippen molar-refractivity contribution in [2.75, 3.05) is 6.61 Å². The van der Waals surface area contributed by atoms with Gasteiger partial charge in [0, 0.05) is 16.7 Å². The molecule has 0 aromatic rings. The molecule has 3 saturated carbocycles. The first-order valence-electron chi connectivity index (χ1n) is 10.9. The molecule has 0 aliphatic heterocycles. The number of aliphatic hydroxyl groups excluding tert-OH is 1. The van der Waals surface area contributed by atoms with Crippen molar-refractivity contribution in [3.05, 3.63) is 22.2 Å². The predicted octanol–water partition coefficient (Wildman–Crippen LogP) is 3.54. The number of ketones is 2. The number of hydrogen-bond acceptors (Lipinski definition) is 5. The second-order valence-corrected chi connectivity index (χ2v) is 12.3. The van der Waals surface area contributed by atoms with Crippen LogP contribution in [-0.2, 0) is 14.4 Å². The first-order valence-corrected chi connectivity index (χ1v) is 12.5. The number of carboxylic acid groups (broad SMARTS) is 1. The number of allylic oxidation sites excluding steroid dienone is 4. The van der Waals surface area contributed by atoms with Crippen LogP contribution in [0.15, 0.2) is 22.2 Å². The van der Waals surface area contributed by atoms with Crippen molar-refractivity contribution in [3.8, 4) is 0 Å². The van der Waals surface area contributed by atoms with Crippen LogP contribution >= 0.6 is 39.1 Å². The third kappa shape index (κ3) is 3.06. The fourth-order valence-corrected chi connectivity index (χ4v) is 9.19. The molecule has 0 radical (unpaired) electrons. The molecular weight excluding hydrogens is 542 g/mol. The van der Waals surface area contributed by atoms with Gasteiger partial charge in [0.05, 0.1) is 21.2 Å². The maximum Gasteiger partial charge on any atom is 0.303 e. The standard InChI is InChI=1S/C23H26BrCl2FO6/c1-20-8-15(25)23(26)18(11(20)3-4-22(20,33)16(30)9-28)10(5-17(31)32)19(27)12-6-14(29)13(24)7-21(12,23)2/h6-7,10-11,15,18-19,28,33H,3-5,8-9H2,1-2H3,(H,31,32)/t10?,11-,15?,18-,19?,20-,21-,22-,23+/m0/s1. The van der Waals surface area contributed by atoms with Crippen molar-refractivity contribution in [1.29, 1.82) is 0 Å². The van der Waals surface area contributed by atoms with Crippen LogP contribution in [0.5, 0.6) is 0 Å². The molecule has 3 fully saturated rings. The Morgan fingerprint density at radius 3 is 2.55 bits per heavy atom. The van der Waals surface area contributed by atoms with Gasteiger partial charge < -0.3 is 15.3 Å². The Balaban J connectivity index is 1.96. The number of fused-ring (bicyclic) bond motifs is 5. The summed E-state index contributed by atoms with van der Waals surface area (Å²) in [6, 6.07) is 0. The van der Waals surface area contributed by atoms with E-state index in [0.717, 1.165) is 0 Å². The molecule has 182 valence electrons. The van der Waals surface area contributed by atoms with Crippen LogP contribution in [0, 0.1) is 28.6 Å². The Kier molecular flexibility index (Phi) is 6.02. The van der Waals surface area contributed by atoms with E-state index in [2.05, 4.69) is 15.9 Å². The normalized spacial score (nSPS) is 48.8. The van der Waals surface area contributed by atoms with E-state index < -0.39 is 81.2 Å². The summed E-state index contributed by atoms with van der Waals surface area (Å²) in [5.41, 5.74) is -4.13. The summed E-state index contributed by atoms with van der Waals surface area (Å²) < 4.78 is 16.4. The summed E-state index contributed by atoms with van der Waals surface area (Å²) in [6.07, 6.45) is 0.846. The van der Waals surface area contributed by atoms with Crippen molar-refractivity contribution < 1.29 is 34.1 Å². The Hall–Kier alpha value is -0.800. The maximum absolute atomic E-state index is 16.2. The lowest BCUT2D eigenvalue weighted by atomic mass is 9.43. The summed E-state index contributed by atoms with van der Waals surface area (Å²) in [6.45, 7) is 2.54. The van der Waals surface area contributed by atoms with Gasteiger partial charge in [-0.3, -0.25) is 14.4 Å². The van der Waals surface area contributed by atoms with E-state index in [4.69, 9.17) is 23.2 Å². The first kappa shape index (κ1) is 25.3. The molecule has 0 bridgehead atoms. The molecule has 0 heterocycles. The molecule has 33 heavy (non-hydrogen) atoms. The molecule has 4 rings (SSSR count). The monoisotopic (exact) mass is 566 g/mol. The van der Waals surface area contributed by atoms with Gasteiger partial charge in [0.15, 0.2) is 11.6 Å². The van der Waals surface area contributed by atoms with Gasteiger partial charge in [0.1, 0.15) is 18.4 Å². The highest BCUT2D eigenvalue weighted by Crippen LogP contribution is 2.73. The van der Waals surface area contributed by atoms with E-state index in [1.807, 2.05) is 0 Å². The van der Waals surface area contributed by atoms with Crippen molar-refractivity contribution in [3.63, 3.8) is 0 Å². The van der Waals surface area contributed by atoms with Gasteiger partial charge in [0.25, 0.3) is 0 Å². The first-order chi connectivity index (χ1) is 15.2. The Morgan fingerprint density at radius 1 is 1.33 bits per heavy atom. The average molecular weight is 568 g/mol. The lowest BCUT2D eigenvalue weighted by Crippen LogP contribution is -2.71. The quantitative estimate of drug-likeness (QED) is 0.448. The topological polar surface area (TPSA) is 112 Å². The van der Waals surface area contributed by atoms with Crippen molar-refractivity contribution >= 4 is 56.7 Å². The molecular formula is C23H26BrCl2FO6. The number of alkyl halides is 3. The fraction of sp³-hybridized carbons (Fsp3) is 0.696. The molecule has 3 unspecified atom stereocenters. The Bertz CT molecular complexity index is 1000. The zero-order chi connectivity index (χ0) is 24.7. The number of halogens is 4. The number of carbonyl (C=O) groups excluding carboxylic acids is 2. The van der Waals surface area contributed by atoms with Crippen molar-refractivity contribution in [2.45, 2.75) is 61.6 Å². The molecule has 0 aromatic heterocycles. The second-order valence-electron chi connectivity index (χ2n) is 10.3. The van der Waals surface area contributed by atoms with Crippen molar-refractivity contribution in [2.24, 2.45) is 28.6 Å². The highest BCUT2D eigenvalue weighted by molar-refractivity contribution is 9.12. The van der Waals surface area contributed by atoms with E-state index in [1.165, 1.54) is 6.08 Å². The minimum absolute atomic E-state index is 0.0365. The van der Waals surface area contributed by atoms with Gasteiger partial charge in [-0.15, -0.1) is 23.2 Å². The summed E-state index contributed by atoms with van der Waals surface area (Å²) >= 11 is 17.6. The molecule has 3 N–H and O–H groups in total. The van der Waals surface area contributed by atoms with Crippen LogP contribution in [0.25, 0.3) is 0 Å². The van der Waals surface area contributed by atoms with Crippen LogP contribution < -0.4 is 0 Å². The van der Waals surface area contributed by atoms with E-state index in [0.29, 0.717) is 6.42 Å². The van der Waals surface area contributed by atoms with Gasteiger partial charge >= 0.3 is 5.97 Å². The van der Waals surface area contributed by atoms with E-state index in [-0.39, 0.29) is 22.9 Å². The molecule has 0 saturated heterocycles. The third-order valence-electron chi connectivity index (χ3n) is 9.04. The summed E-state index contributed by atoms with van der Waals surface area (Å²) in [4.78, 5) is 35.4. The largest absolute Gasteiger partial charge is 0.481 e. The Morgan fingerprint density at radius 2 is 1.97 bits per heavy atom. The number of Topliss-reactive ketones (excluding diaryl/α,β-unsaturated/α-hetero) is 1. The molecule has 0 aromatic carbocycles. The summed E-state index contributed by atoms with van der Waals surface area (Å²) in [5, 5.41) is 29.7. The van der Waals surface area contributed by atoms with Crippen LogP contribution in [0.4, 0.5) is 4.39 Å². The predicted molar refractivity (Wildman–Crippen MR) is 123 cm³/mol. The second kappa shape index (κ2) is 7.85. The zero-order valence-electron chi connectivity index (χ0n) is 18.2. The number of rotatable bonds is 4.